The zero-order valence-corrected chi connectivity index (χ0v) is 15.2. The molecule has 1 atom stereocenters. The quantitative estimate of drug-likeness (QED) is 0.683. The standard InChI is InChI=1S/C20H25N5O/c1-24-13-10-21-18(24)14-16-6-5-11-25(15-16)12-9-19-22-20(23-26-19)17-7-3-2-4-8-17/h2-4,7-8,10,13,16H,5-6,9,11-12,14-15H2,1H3/t16-/m0/s1. The Balaban J connectivity index is 1.30. The van der Waals surface area contributed by atoms with Crippen LogP contribution in [-0.4, -0.2) is 44.2 Å². The number of aromatic nitrogens is 4. The van der Waals surface area contributed by atoms with Gasteiger partial charge in [-0.2, -0.15) is 4.98 Å². The predicted octanol–water partition coefficient (Wildman–Crippen LogP) is 2.97. The number of piperidine rings is 1. The van der Waals surface area contributed by atoms with Gasteiger partial charge in [-0.15, -0.1) is 0 Å². The first-order valence-electron chi connectivity index (χ1n) is 9.34. The van der Waals surface area contributed by atoms with Gasteiger partial charge in [0.25, 0.3) is 0 Å². The van der Waals surface area contributed by atoms with E-state index in [0.29, 0.717) is 11.7 Å². The second kappa shape index (κ2) is 7.83. The summed E-state index contributed by atoms with van der Waals surface area (Å²) < 4.78 is 7.56. The van der Waals surface area contributed by atoms with Gasteiger partial charge in [0.1, 0.15) is 5.82 Å². The largest absolute Gasteiger partial charge is 0.339 e. The van der Waals surface area contributed by atoms with Crippen molar-refractivity contribution in [1.82, 2.24) is 24.6 Å². The van der Waals surface area contributed by atoms with Gasteiger partial charge in [-0.3, -0.25) is 0 Å². The van der Waals surface area contributed by atoms with E-state index in [1.54, 1.807) is 0 Å². The lowest BCUT2D eigenvalue weighted by molar-refractivity contribution is 0.170. The molecule has 136 valence electrons. The van der Waals surface area contributed by atoms with Crippen LogP contribution in [0.2, 0.25) is 0 Å². The molecule has 0 radical (unpaired) electrons. The number of hydrogen-bond acceptors (Lipinski definition) is 5. The number of rotatable bonds is 6. The van der Waals surface area contributed by atoms with E-state index in [9.17, 15) is 0 Å². The third-order valence-electron chi connectivity index (χ3n) is 5.14. The van der Waals surface area contributed by atoms with Crippen LogP contribution in [0.4, 0.5) is 0 Å². The van der Waals surface area contributed by atoms with Crippen LogP contribution in [0.25, 0.3) is 11.4 Å². The van der Waals surface area contributed by atoms with Crippen molar-refractivity contribution in [3.63, 3.8) is 0 Å². The molecule has 0 bridgehead atoms. The summed E-state index contributed by atoms with van der Waals surface area (Å²) in [6.45, 7) is 3.23. The van der Waals surface area contributed by atoms with Gasteiger partial charge in [0.2, 0.25) is 11.7 Å². The molecule has 1 aliphatic rings. The van der Waals surface area contributed by atoms with Crippen molar-refractivity contribution in [2.45, 2.75) is 25.7 Å². The Kier molecular flexibility index (Phi) is 5.11. The molecule has 0 spiro atoms. The van der Waals surface area contributed by atoms with Crippen molar-refractivity contribution >= 4 is 0 Å². The Labute approximate surface area is 153 Å². The average molecular weight is 351 g/mol. The van der Waals surface area contributed by atoms with Gasteiger partial charge in [0.05, 0.1) is 0 Å². The van der Waals surface area contributed by atoms with Crippen LogP contribution in [0.5, 0.6) is 0 Å². The van der Waals surface area contributed by atoms with Crippen molar-refractivity contribution < 1.29 is 4.52 Å². The van der Waals surface area contributed by atoms with Crippen LogP contribution in [0.15, 0.2) is 47.2 Å². The van der Waals surface area contributed by atoms with Crippen LogP contribution in [-0.2, 0) is 19.9 Å². The van der Waals surface area contributed by atoms with Crippen molar-refractivity contribution in [3.05, 3.63) is 54.4 Å². The molecule has 3 aromatic rings. The fourth-order valence-electron chi connectivity index (χ4n) is 3.69. The molecule has 0 saturated carbocycles. The first kappa shape index (κ1) is 17.0. The summed E-state index contributed by atoms with van der Waals surface area (Å²) in [4.78, 5) is 11.5. The zero-order chi connectivity index (χ0) is 17.8. The monoisotopic (exact) mass is 351 g/mol. The minimum Gasteiger partial charge on any atom is -0.339 e. The highest BCUT2D eigenvalue weighted by molar-refractivity contribution is 5.53. The van der Waals surface area contributed by atoms with Gasteiger partial charge in [0, 0.05) is 50.9 Å². The molecule has 6 heteroatoms. The first-order valence-corrected chi connectivity index (χ1v) is 9.34. The van der Waals surface area contributed by atoms with E-state index in [0.717, 1.165) is 43.9 Å². The van der Waals surface area contributed by atoms with Crippen LogP contribution in [0.1, 0.15) is 24.6 Å². The number of nitrogens with zero attached hydrogens (tertiary/aromatic N) is 5. The predicted molar refractivity (Wildman–Crippen MR) is 99.5 cm³/mol. The molecule has 1 saturated heterocycles. The molecule has 2 aromatic heterocycles. The Hall–Kier alpha value is -2.47. The maximum absolute atomic E-state index is 5.44. The fraction of sp³-hybridized carbons (Fsp3) is 0.450. The second-order valence-electron chi connectivity index (χ2n) is 7.10. The van der Waals surface area contributed by atoms with Gasteiger partial charge in [-0.25, -0.2) is 4.98 Å². The topological polar surface area (TPSA) is 60.0 Å². The minimum absolute atomic E-state index is 0.673. The van der Waals surface area contributed by atoms with Crippen molar-refractivity contribution in [2.24, 2.45) is 13.0 Å². The lowest BCUT2D eigenvalue weighted by Crippen LogP contribution is -2.37. The van der Waals surface area contributed by atoms with E-state index >= 15 is 0 Å². The highest BCUT2D eigenvalue weighted by Gasteiger charge is 2.22. The second-order valence-corrected chi connectivity index (χ2v) is 7.10. The molecule has 1 aromatic carbocycles. The number of imidazole rings is 1. The van der Waals surface area contributed by atoms with Crippen molar-refractivity contribution in [3.8, 4) is 11.4 Å². The normalized spacial score (nSPS) is 18.3. The number of aryl methyl sites for hydroxylation is 1. The summed E-state index contributed by atoms with van der Waals surface area (Å²) in [6, 6.07) is 9.97. The van der Waals surface area contributed by atoms with Crippen LogP contribution < -0.4 is 0 Å². The molecular weight excluding hydrogens is 326 g/mol. The first-order chi connectivity index (χ1) is 12.8. The molecule has 4 rings (SSSR count). The van der Waals surface area contributed by atoms with Crippen LogP contribution in [0, 0.1) is 5.92 Å². The molecule has 26 heavy (non-hydrogen) atoms. The lowest BCUT2D eigenvalue weighted by atomic mass is 9.94. The van der Waals surface area contributed by atoms with Gasteiger partial charge in [0.15, 0.2) is 0 Å². The van der Waals surface area contributed by atoms with Gasteiger partial charge >= 0.3 is 0 Å². The van der Waals surface area contributed by atoms with Crippen LogP contribution >= 0.6 is 0 Å². The van der Waals surface area contributed by atoms with Gasteiger partial charge < -0.3 is 14.0 Å². The highest BCUT2D eigenvalue weighted by Crippen LogP contribution is 2.21. The lowest BCUT2D eigenvalue weighted by Gasteiger charge is -2.32. The van der Waals surface area contributed by atoms with Crippen molar-refractivity contribution in [2.75, 3.05) is 19.6 Å². The maximum atomic E-state index is 5.44. The molecule has 0 N–H and O–H groups in total. The van der Waals surface area contributed by atoms with E-state index in [4.69, 9.17) is 4.52 Å². The van der Waals surface area contributed by atoms with E-state index in [2.05, 4.69) is 31.6 Å². The van der Waals surface area contributed by atoms with E-state index in [1.807, 2.05) is 42.7 Å². The highest BCUT2D eigenvalue weighted by atomic mass is 16.5. The summed E-state index contributed by atoms with van der Waals surface area (Å²) in [5, 5.41) is 4.11. The number of likely N-dealkylation sites (tertiary alicyclic amines) is 1. The van der Waals surface area contributed by atoms with E-state index in [1.165, 1.54) is 18.7 Å². The Morgan fingerprint density at radius 2 is 2.12 bits per heavy atom. The molecule has 1 aliphatic heterocycles. The smallest absolute Gasteiger partial charge is 0.228 e. The van der Waals surface area contributed by atoms with Crippen molar-refractivity contribution in [1.29, 1.82) is 0 Å². The number of hydrogen-bond donors (Lipinski definition) is 0. The van der Waals surface area contributed by atoms with E-state index < -0.39 is 0 Å². The maximum Gasteiger partial charge on any atom is 0.228 e. The molecular formula is C20H25N5O. The zero-order valence-electron chi connectivity index (χ0n) is 15.2. The van der Waals surface area contributed by atoms with Gasteiger partial charge in [-0.1, -0.05) is 35.5 Å². The Bertz CT molecular complexity index is 826. The molecule has 0 aliphatic carbocycles. The van der Waals surface area contributed by atoms with E-state index in [-0.39, 0.29) is 0 Å². The third kappa shape index (κ3) is 4.02. The molecule has 6 nitrogen and oxygen atoms in total. The average Bonchev–Trinajstić information content (AvgIpc) is 3.31. The minimum atomic E-state index is 0.673. The summed E-state index contributed by atoms with van der Waals surface area (Å²) >= 11 is 0. The summed E-state index contributed by atoms with van der Waals surface area (Å²) in [5.74, 6) is 3.25. The number of benzene rings is 1. The Morgan fingerprint density at radius 1 is 1.23 bits per heavy atom. The third-order valence-corrected chi connectivity index (χ3v) is 5.14. The summed E-state index contributed by atoms with van der Waals surface area (Å²) in [7, 11) is 2.07. The molecule has 1 fully saturated rings. The Morgan fingerprint density at radius 3 is 2.92 bits per heavy atom. The fourth-order valence-corrected chi connectivity index (χ4v) is 3.69. The van der Waals surface area contributed by atoms with Crippen LogP contribution in [0.3, 0.4) is 0 Å². The SMILES string of the molecule is Cn1ccnc1C[C@@H]1CCCN(CCc2nc(-c3ccccc3)no2)C1. The molecule has 3 heterocycles. The summed E-state index contributed by atoms with van der Waals surface area (Å²) in [5.41, 5.74) is 0.996. The van der Waals surface area contributed by atoms with Gasteiger partial charge in [-0.05, 0) is 25.3 Å². The molecule has 0 unspecified atom stereocenters. The summed E-state index contributed by atoms with van der Waals surface area (Å²) in [6.07, 6.45) is 8.29. The molecule has 0 amide bonds.